The summed E-state index contributed by atoms with van der Waals surface area (Å²) in [6, 6.07) is 0. The molecule has 0 amide bonds. The van der Waals surface area contributed by atoms with E-state index in [0.717, 1.165) is 36.2 Å². The van der Waals surface area contributed by atoms with Gasteiger partial charge in [-0.1, -0.05) is 24.8 Å². The maximum Gasteiger partial charge on any atom is 0.219 e. The summed E-state index contributed by atoms with van der Waals surface area (Å²) in [5.41, 5.74) is 1.85. The van der Waals surface area contributed by atoms with Crippen molar-refractivity contribution in [2.24, 2.45) is 9.98 Å². The van der Waals surface area contributed by atoms with Crippen LogP contribution in [0.3, 0.4) is 0 Å². The molecule has 1 aliphatic heterocycles. The molecule has 1 N–H and O–H groups in total. The van der Waals surface area contributed by atoms with Gasteiger partial charge >= 0.3 is 0 Å². The van der Waals surface area contributed by atoms with Gasteiger partial charge in [0.25, 0.3) is 0 Å². The largest absolute Gasteiger partial charge is 0.383 e. The normalized spacial score (nSPS) is 18.5. The van der Waals surface area contributed by atoms with Gasteiger partial charge in [-0.05, 0) is 24.5 Å². The maximum atomic E-state index is 10.9. The molecule has 142 valence electrons. The fourth-order valence-corrected chi connectivity index (χ4v) is 2.49. The zero-order valence-electron chi connectivity index (χ0n) is 16.2. The van der Waals surface area contributed by atoms with Crippen LogP contribution in [0.4, 0.5) is 0 Å². The molecule has 7 nitrogen and oxygen atoms in total. The summed E-state index contributed by atoms with van der Waals surface area (Å²) >= 11 is 0. The lowest BCUT2D eigenvalue weighted by Crippen LogP contribution is -2.34. The van der Waals surface area contributed by atoms with Crippen molar-refractivity contribution in [2.45, 2.75) is 19.8 Å². The highest BCUT2D eigenvalue weighted by molar-refractivity contribution is 6.14. The van der Waals surface area contributed by atoms with Gasteiger partial charge in [0.1, 0.15) is 18.0 Å². The quantitative estimate of drug-likeness (QED) is 0.327. The highest BCUT2D eigenvalue weighted by atomic mass is 16.5. The molecule has 0 aromatic heterocycles. The molecule has 1 aliphatic rings. The van der Waals surface area contributed by atoms with E-state index >= 15 is 0 Å². The molecule has 1 rings (SSSR count). The molecule has 0 unspecified atom stereocenters. The van der Waals surface area contributed by atoms with Crippen molar-refractivity contribution in [3.8, 4) is 0 Å². The number of nitrogens with zero attached hydrogens (tertiary/aromatic N) is 4. The van der Waals surface area contributed by atoms with Crippen molar-refractivity contribution in [1.29, 1.82) is 5.41 Å². The first kappa shape index (κ1) is 21.5. The number of ether oxygens (including phenoxy) is 1. The third-order valence-corrected chi connectivity index (χ3v) is 4.08. The van der Waals surface area contributed by atoms with E-state index in [1.54, 1.807) is 25.1 Å². The number of likely N-dealkylation sites (N-methyl/N-ethyl adjacent to an activating group) is 1. The summed E-state index contributed by atoms with van der Waals surface area (Å²) in [7, 11) is 5.18. The molecule has 0 aliphatic carbocycles. The summed E-state index contributed by atoms with van der Waals surface area (Å²) in [4.78, 5) is 23.4. The number of carbonyl (C=O) groups excluding carboxylic acids is 1. The molecule has 1 fully saturated rings. The van der Waals surface area contributed by atoms with Crippen molar-refractivity contribution < 1.29 is 9.53 Å². The lowest BCUT2D eigenvalue weighted by atomic mass is 10.1. The number of aldehydes is 1. The fourth-order valence-electron chi connectivity index (χ4n) is 2.49. The van der Waals surface area contributed by atoms with Crippen LogP contribution in [0.2, 0.25) is 0 Å². The number of carbonyl (C=O) groups is 1. The van der Waals surface area contributed by atoms with Gasteiger partial charge in [0.15, 0.2) is 0 Å². The summed E-state index contributed by atoms with van der Waals surface area (Å²) in [6.07, 6.45) is 7.40. The highest BCUT2D eigenvalue weighted by Gasteiger charge is 2.26. The van der Waals surface area contributed by atoms with Crippen LogP contribution >= 0.6 is 0 Å². The van der Waals surface area contributed by atoms with E-state index in [2.05, 4.69) is 16.6 Å². The average molecular weight is 359 g/mol. The Morgan fingerprint density at radius 2 is 2.23 bits per heavy atom. The van der Waals surface area contributed by atoms with E-state index in [-0.39, 0.29) is 5.96 Å². The van der Waals surface area contributed by atoms with Crippen LogP contribution in [0.25, 0.3) is 0 Å². The first-order valence-electron chi connectivity index (χ1n) is 8.52. The van der Waals surface area contributed by atoms with Gasteiger partial charge in [-0.3, -0.25) is 10.4 Å². The number of allylic oxidation sites excluding steroid dienone is 4. The van der Waals surface area contributed by atoms with Crippen LogP contribution in [0.15, 0.2) is 45.9 Å². The summed E-state index contributed by atoms with van der Waals surface area (Å²) in [5, 5.41) is 8.26. The molecule has 7 heteroatoms. The molecule has 26 heavy (non-hydrogen) atoms. The summed E-state index contributed by atoms with van der Waals surface area (Å²) < 4.78 is 5.06. The molecule has 0 aromatic carbocycles. The summed E-state index contributed by atoms with van der Waals surface area (Å²) in [5.74, 6) is 1.69. The van der Waals surface area contributed by atoms with E-state index in [9.17, 15) is 4.79 Å². The third kappa shape index (κ3) is 6.07. The number of rotatable bonds is 7. The Morgan fingerprint density at radius 1 is 1.50 bits per heavy atom. The zero-order chi connectivity index (χ0) is 19.5. The van der Waals surface area contributed by atoms with Gasteiger partial charge in [-0.15, -0.1) is 0 Å². The standard InChI is InChI=1S/C19H29N5O2/c1-6-7-16(9-12-25)14-17-8-10-24(15(2)21-3)18(17)22-19(20)23(4)11-13-26-5/h6-7,12,14,20H,1,8-11,13H2,2-5H3. The van der Waals surface area contributed by atoms with E-state index in [4.69, 9.17) is 10.1 Å². The van der Waals surface area contributed by atoms with Crippen molar-refractivity contribution in [3.05, 3.63) is 36.0 Å². The SMILES string of the molecule is C=CC=C(C=C1CCN(C(C)=NC)C1=NC(=N)N(C)CCOC)CC=O. The van der Waals surface area contributed by atoms with Gasteiger partial charge in [0, 0.05) is 40.7 Å². The Kier molecular flexibility index (Phi) is 9.22. The minimum absolute atomic E-state index is 0.156. The van der Waals surface area contributed by atoms with Crippen molar-refractivity contribution in [3.63, 3.8) is 0 Å². The first-order valence-corrected chi connectivity index (χ1v) is 8.52. The second-order valence-electron chi connectivity index (χ2n) is 5.86. The lowest BCUT2D eigenvalue weighted by molar-refractivity contribution is -0.107. The van der Waals surface area contributed by atoms with E-state index in [1.807, 2.05) is 31.0 Å². The zero-order valence-corrected chi connectivity index (χ0v) is 16.2. The molecule has 0 bridgehead atoms. The van der Waals surface area contributed by atoms with Crippen LogP contribution in [-0.4, -0.2) is 74.6 Å². The van der Waals surface area contributed by atoms with Gasteiger partial charge in [-0.25, -0.2) is 0 Å². The Hall–Kier alpha value is -2.54. The summed E-state index contributed by atoms with van der Waals surface area (Å²) in [6.45, 7) is 7.47. The fraction of sp³-hybridized carbons (Fsp3) is 0.474. The second kappa shape index (κ2) is 11.1. The predicted octanol–water partition coefficient (Wildman–Crippen LogP) is 2.28. The van der Waals surface area contributed by atoms with Gasteiger partial charge in [0.2, 0.25) is 5.96 Å². The topological polar surface area (TPSA) is 81.3 Å². The third-order valence-electron chi connectivity index (χ3n) is 4.08. The average Bonchev–Trinajstić information content (AvgIpc) is 3.01. The molecule has 0 saturated carbocycles. The molecule has 1 saturated heterocycles. The maximum absolute atomic E-state index is 10.9. The molecule has 0 spiro atoms. The van der Waals surface area contributed by atoms with E-state index in [0.29, 0.717) is 25.4 Å². The van der Waals surface area contributed by atoms with E-state index in [1.165, 1.54) is 0 Å². The molecular formula is C19H29N5O2. The van der Waals surface area contributed by atoms with Crippen LogP contribution in [0.5, 0.6) is 0 Å². The van der Waals surface area contributed by atoms with Crippen molar-refractivity contribution in [1.82, 2.24) is 9.80 Å². The molecule has 0 radical (unpaired) electrons. The van der Waals surface area contributed by atoms with Crippen LogP contribution in [0.1, 0.15) is 19.8 Å². The number of hydrogen-bond acceptors (Lipinski definition) is 4. The molecule has 0 aromatic rings. The predicted molar refractivity (Wildman–Crippen MR) is 107 cm³/mol. The van der Waals surface area contributed by atoms with E-state index < -0.39 is 0 Å². The van der Waals surface area contributed by atoms with Gasteiger partial charge < -0.3 is 19.3 Å². The Balaban J connectivity index is 3.23. The van der Waals surface area contributed by atoms with Crippen LogP contribution in [-0.2, 0) is 9.53 Å². The molecule has 0 atom stereocenters. The molecular weight excluding hydrogens is 330 g/mol. The second-order valence-corrected chi connectivity index (χ2v) is 5.86. The number of likely N-dealkylation sites (tertiary alicyclic amines) is 1. The molecule has 1 heterocycles. The minimum Gasteiger partial charge on any atom is -0.383 e. The Labute approximate surface area is 156 Å². The monoisotopic (exact) mass is 359 g/mol. The number of amidine groups is 2. The Morgan fingerprint density at radius 3 is 2.81 bits per heavy atom. The van der Waals surface area contributed by atoms with Gasteiger partial charge in [0.05, 0.1) is 6.61 Å². The highest BCUT2D eigenvalue weighted by Crippen LogP contribution is 2.22. The minimum atomic E-state index is 0.156. The van der Waals surface area contributed by atoms with Gasteiger partial charge in [-0.2, -0.15) is 4.99 Å². The smallest absolute Gasteiger partial charge is 0.219 e. The van der Waals surface area contributed by atoms with Crippen LogP contribution in [0, 0.1) is 5.41 Å². The first-order chi connectivity index (χ1) is 12.5. The number of nitrogens with one attached hydrogen (secondary N) is 1. The number of aliphatic imine (C=N–C) groups is 2. The lowest BCUT2D eigenvalue weighted by Gasteiger charge is -2.21. The van der Waals surface area contributed by atoms with Crippen molar-refractivity contribution >= 4 is 23.9 Å². The number of methoxy groups -OCH3 is 1. The Bertz CT molecular complexity index is 646. The van der Waals surface area contributed by atoms with Crippen molar-refractivity contribution in [2.75, 3.05) is 40.9 Å². The number of guanidine groups is 1. The number of hydrogen-bond donors (Lipinski definition) is 1. The van der Waals surface area contributed by atoms with Crippen LogP contribution < -0.4 is 0 Å².